The first-order valence-corrected chi connectivity index (χ1v) is 7.75. The van der Waals surface area contributed by atoms with Gasteiger partial charge in [0.25, 0.3) is 0 Å². The van der Waals surface area contributed by atoms with Gasteiger partial charge in [0.1, 0.15) is 0 Å². The molecule has 0 heterocycles. The van der Waals surface area contributed by atoms with E-state index in [4.69, 9.17) is 6.42 Å². The fourth-order valence-corrected chi connectivity index (χ4v) is 3.86. The van der Waals surface area contributed by atoms with Crippen LogP contribution in [-0.4, -0.2) is 0 Å². The van der Waals surface area contributed by atoms with E-state index in [1.54, 1.807) is 0 Å². The highest BCUT2D eigenvalue weighted by Gasteiger charge is 2.21. The van der Waals surface area contributed by atoms with Crippen LogP contribution >= 0.6 is 0 Å². The van der Waals surface area contributed by atoms with Gasteiger partial charge in [-0.2, -0.15) is 0 Å². The average molecular weight is 270 g/mol. The van der Waals surface area contributed by atoms with E-state index in [2.05, 4.69) is 54.5 Å². The number of terminal acetylenes is 1. The molecule has 0 aliphatic heterocycles. The highest BCUT2D eigenvalue weighted by Crippen LogP contribution is 2.39. The van der Waals surface area contributed by atoms with Crippen LogP contribution in [0.15, 0.2) is 48.5 Å². The van der Waals surface area contributed by atoms with Crippen LogP contribution in [0.3, 0.4) is 0 Å². The summed E-state index contributed by atoms with van der Waals surface area (Å²) in [7, 11) is 0. The molecular formula is C21H18. The Morgan fingerprint density at radius 1 is 0.952 bits per heavy atom. The minimum atomic E-state index is 0.551. The molecule has 0 fully saturated rings. The lowest BCUT2D eigenvalue weighted by Crippen LogP contribution is -2.09. The molecule has 3 aromatic rings. The first-order valence-electron chi connectivity index (χ1n) is 7.75. The van der Waals surface area contributed by atoms with E-state index in [1.165, 1.54) is 51.9 Å². The molecule has 102 valence electrons. The number of benzene rings is 3. The Bertz CT molecular complexity index is 864. The molecule has 0 bridgehead atoms. The second-order valence-electron chi connectivity index (χ2n) is 6.01. The number of fused-ring (bicyclic) bond motifs is 5. The van der Waals surface area contributed by atoms with Crippen LogP contribution in [-0.2, 0) is 6.42 Å². The highest BCUT2D eigenvalue weighted by molar-refractivity contribution is 6.08. The lowest BCUT2D eigenvalue weighted by Gasteiger charge is -2.25. The molecule has 0 spiro atoms. The predicted molar refractivity (Wildman–Crippen MR) is 90.6 cm³/mol. The largest absolute Gasteiger partial charge is 0.120 e. The summed E-state index contributed by atoms with van der Waals surface area (Å²) >= 11 is 0. The van der Waals surface area contributed by atoms with Crippen LogP contribution in [0, 0.1) is 12.3 Å². The lowest BCUT2D eigenvalue weighted by atomic mass is 9.79. The average Bonchev–Trinajstić information content (AvgIpc) is 2.55. The van der Waals surface area contributed by atoms with Gasteiger partial charge >= 0.3 is 0 Å². The molecule has 0 heteroatoms. The van der Waals surface area contributed by atoms with Gasteiger partial charge in [-0.05, 0) is 57.9 Å². The third-order valence-electron chi connectivity index (χ3n) is 4.86. The zero-order chi connectivity index (χ0) is 14.2. The van der Waals surface area contributed by atoms with Crippen molar-refractivity contribution in [1.29, 1.82) is 0 Å². The summed E-state index contributed by atoms with van der Waals surface area (Å²) in [6.07, 6.45) is 10.1. The summed E-state index contributed by atoms with van der Waals surface area (Å²) in [5.41, 5.74) is 3.02. The molecule has 1 atom stereocenters. The zero-order valence-electron chi connectivity index (χ0n) is 12.1. The quantitative estimate of drug-likeness (QED) is 0.408. The van der Waals surface area contributed by atoms with Crippen LogP contribution in [0.1, 0.15) is 36.3 Å². The van der Waals surface area contributed by atoms with E-state index in [9.17, 15) is 0 Å². The second-order valence-corrected chi connectivity index (χ2v) is 6.01. The number of hydrogen-bond donors (Lipinski definition) is 0. The first-order chi connectivity index (χ1) is 10.4. The normalized spacial score (nSPS) is 17.6. The summed E-state index contributed by atoms with van der Waals surface area (Å²) in [4.78, 5) is 0. The maximum absolute atomic E-state index is 5.55. The lowest BCUT2D eigenvalue weighted by molar-refractivity contribution is 0.566. The van der Waals surface area contributed by atoms with Gasteiger partial charge < -0.3 is 0 Å². The summed E-state index contributed by atoms with van der Waals surface area (Å²) in [5, 5.41) is 5.49. The molecule has 0 saturated heterocycles. The SMILES string of the molecule is C#CCC1CCCc2c1ccc1c2ccc2ccccc21. The molecule has 4 rings (SSSR count). The fraction of sp³-hybridized carbons (Fsp3) is 0.238. The van der Waals surface area contributed by atoms with E-state index in [-0.39, 0.29) is 0 Å². The zero-order valence-corrected chi connectivity index (χ0v) is 12.1. The van der Waals surface area contributed by atoms with Crippen LogP contribution in [0.5, 0.6) is 0 Å². The van der Waals surface area contributed by atoms with Gasteiger partial charge in [-0.15, -0.1) is 12.3 Å². The highest BCUT2D eigenvalue weighted by atomic mass is 14.2. The molecule has 0 saturated carbocycles. The molecule has 0 radical (unpaired) electrons. The number of hydrogen-bond acceptors (Lipinski definition) is 0. The molecule has 0 aromatic heterocycles. The smallest absolute Gasteiger partial charge is 0.0155 e. The number of rotatable bonds is 1. The summed E-state index contributed by atoms with van der Waals surface area (Å²) < 4.78 is 0. The van der Waals surface area contributed by atoms with Crippen molar-refractivity contribution in [3.8, 4) is 12.3 Å². The maximum atomic E-state index is 5.55. The Hall–Kier alpha value is -2.26. The summed E-state index contributed by atoms with van der Waals surface area (Å²) in [6, 6.07) is 17.8. The number of aryl methyl sites for hydroxylation is 1. The third kappa shape index (κ3) is 1.93. The third-order valence-corrected chi connectivity index (χ3v) is 4.86. The Kier molecular flexibility index (Phi) is 2.93. The van der Waals surface area contributed by atoms with Gasteiger partial charge in [0.05, 0.1) is 0 Å². The molecule has 0 N–H and O–H groups in total. The van der Waals surface area contributed by atoms with E-state index in [0.717, 1.165) is 6.42 Å². The van der Waals surface area contributed by atoms with E-state index < -0.39 is 0 Å². The van der Waals surface area contributed by atoms with Gasteiger partial charge in [0, 0.05) is 6.42 Å². The van der Waals surface area contributed by atoms with Crippen LogP contribution in [0.2, 0.25) is 0 Å². The van der Waals surface area contributed by atoms with Crippen molar-refractivity contribution in [2.45, 2.75) is 31.6 Å². The molecule has 0 nitrogen and oxygen atoms in total. The second kappa shape index (κ2) is 4.93. The van der Waals surface area contributed by atoms with Gasteiger partial charge in [-0.25, -0.2) is 0 Å². The molecule has 1 aliphatic rings. The Morgan fingerprint density at radius 3 is 2.71 bits per heavy atom. The van der Waals surface area contributed by atoms with Crippen molar-refractivity contribution in [1.82, 2.24) is 0 Å². The molecule has 1 aliphatic carbocycles. The topological polar surface area (TPSA) is 0 Å². The predicted octanol–water partition coefficient (Wildman–Crippen LogP) is 5.44. The Morgan fingerprint density at radius 2 is 1.81 bits per heavy atom. The summed E-state index contributed by atoms with van der Waals surface area (Å²) in [6.45, 7) is 0. The van der Waals surface area contributed by atoms with Crippen LogP contribution < -0.4 is 0 Å². The fourth-order valence-electron chi connectivity index (χ4n) is 3.86. The van der Waals surface area contributed by atoms with Crippen molar-refractivity contribution in [2.75, 3.05) is 0 Å². The van der Waals surface area contributed by atoms with E-state index in [1.807, 2.05) is 0 Å². The maximum Gasteiger partial charge on any atom is 0.0155 e. The minimum Gasteiger partial charge on any atom is -0.120 e. The van der Waals surface area contributed by atoms with Gasteiger partial charge in [0.15, 0.2) is 0 Å². The standard InChI is InChI=1S/C21H18/c1-2-6-15-8-5-10-19-18(15)13-14-20-17-9-4-3-7-16(17)11-12-21(19)20/h1,3-4,7,9,11-15H,5-6,8,10H2. The van der Waals surface area contributed by atoms with Gasteiger partial charge in [-0.3, -0.25) is 0 Å². The van der Waals surface area contributed by atoms with Crippen molar-refractivity contribution in [3.05, 3.63) is 59.7 Å². The van der Waals surface area contributed by atoms with Crippen molar-refractivity contribution in [3.63, 3.8) is 0 Å². The van der Waals surface area contributed by atoms with Crippen molar-refractivity contribution >= 4 is 21.5 Å². The molecule has 21 heavy (non-hydrogen) atoms. The van der Waals surface area contributed by atoms with Gasteiger partial charge in [-0.1, -0.05) is 48.5 Å². The van der Waals surface area contributed by atoms with E-state index >= 15 is 0 Å². The summed E-state index contributed by atoms with van der Waals surface area (Å²) in [5.74, 6) is 3.41. The Balaban J connectivity index is 2.02. The molecule has 3 aromatic carbocycles. The minimum absolute atomic E-state index is 0.551. The molecule has 1 unspecified atom stereocenters. The monoisotopic (exact) mass is 270 g/mol. The van der Waals surface area contributed by atoms with Crippen LogP contribution in [0.4, 0.5) is 0 Å². The molecular weight excluding hydrogens is 252 g/mol. The van der Waals surface area contributed by atoms with E-state index in [0.29, 0.717) is 5.92 Å². The van der Waals surface area contributed by atoms with Crippen molar-refractivity contribution < 1.29 is 0 Å². The van der Waals surface area contributed by atoms with Crippen LogP contribution in [0.25, 0.3) is 21.5 Å². The van der Waals surface area contributed by atoms with Gasteiger partial charge in [0.2, 0.25) is 0 Å². The first kappa shape index (κ1) is 12.5. The van der Waals surface area contributed by atoms with Crippen molar-refractivity contribution in [2.24, 2.45) is 0 Å². The Labute approximate surface area is 125 Å². The molecule has 0 amide bonds.